The molecule has 1 aromatic rings. The summed E-state index contributed by atoms with van der Waals surface area (Å²) >= 11 is 6.40. The highest BCUT2D eigenvalue weighted by Gasteiger charge is 2.17. The fourth-order valence-electron chi connectivity index (χ4n) is 0.913. The van der Waals surface area contributed by atoms with Crippen LogP contribution >= 0.6 is 44.3 Å². The lowest BCUT2D eigenvalue weighted by molar-refractivity contribution is 0.116. The molecule has 2 N–H and O–H groups in total. The molecule has 0 radical (unpaired) electrons. The summed E-state index contributed by atoms with van der Waals surface area (Å²) in [6.45, 7) is 0. The lowest BCUT2D eigenvalue weighted by atomic mass is 10.1. The van der Waals surface area contributed by atoms with E-state index >= 15 is 0 Å². The summed E-state index contributed by atoms with van der Waals surface area (Å²) in [6.07, 6.45) is -2.54. The zero-order valence-corrected chi connectivity index (χ0v) is 10.9. The molecule has 0 aliphatic heterocycles. The van der Waals surface area contributed by atoms with E-state index in [2.05, 4.69) is 31.9 Å². The Balaban J connectivity index is 0.00000169. The summed E-state index contributed by atoms with van der Waals surface area (Å²) in [5.74, 6) is 0. The summed E-state index contributed by atoms with van der Waals surface area (Å²) in [5, 5.41) is 0. The van der Waals surface area contributed by atoms with Crippen molar-refractivity contribution in [2.24, 2.45) is 5.73 Å². The maximum absolute atomic E-state index is 12.2. The van der Waals surface area contributed by atoms with E-state index in [9.17, 15) is 8.78 Å². The molecule has 0 amide bonds. The van der Waals surface area contributed by atoms with Crippen LogP contribution in [0.2, 0.25) is 0 Å². The molecule has 1 atom stereocenters. The molecule has 0 fully saturated rings. The molecule has 0 unspecified atom stereocenters. The number of halogens is 5. The molecule has 0 heterocycles. The van der Waals surface area contributed by atoms with Gasteiger partial charge in [-0.2, -0.15) is 0 Å². The smallest absolute Gasteiger partial charge is 0.257 e. The quantitative estimate of drug-likeness (QED) is 0.859. The molecule has 0 aliphatic rings. The first-order valence-corrected chi connectivity index (χ1v) is 5.09. The van der Waals surface area contributed by atoms with Crippen molar-refractivity contribution in [3.8, 4) is 0 Å². The fraction of sp³-hybridized carbons (Fsp3) is 0.250. The maximum Gasteiger partial charge on any atom is 0.257 e. The number of hydrogen-bond acceptors (Lipinski definition) is 1. The van der Waals surface area contributed by atoms with Crippen molar-refractivity contribution in [3.05, 3.63) is 32.7 Å². The van der Waals surface area contributed by atoms with E-state index in [4.69, 9.17) is 5.73 Å². The van der Waals surface area contributed by atoms with Gasteiger partial charge in [-0.05, 0) is 23.8 Å². The molecule has 80 valence electrons. The van der Waals surface area contributed by atoms with Crippen molar-refractivity contribution in [2.75, 3.05) is 0 Å². The molecular formula is C8H8Br2ClF2N. The molecule has 14 heavy (non-hydrogen) atoms. The summed E-state index contributed by atoms with van der Waals surface area (Å²) in [4.78, 5) is 0. The molecule has 0 saturated heterocycles. The fourth-order valence-corrected chi connectivity index (χ4v) is 2.24. The van der Waals surface area contributed by atoms with Crippen LogP contribution in [-0.4, -0.2) is 6.43 Å². The van der Waals surface area contributed by atoms with Crippen LogP contribution < -0.4 is 5.73 Å². The normalized spacial score (nSPS) is 12.4. The van der Waals surface area contributed by atoms with Crippen LogP contribution in [0.15, 0.2) is 27.1 Å². The second-order valence-corrected chi connectivity index (χ2v) is 4.39. The van der Waals surface area contributed by atoms with Crippen molar-refractivity contribution in [2.45, 2.75) is 12.5 Å². The van der Waals surface area contributed by atoms with Crippen molar-refractivity contribution >= 4 is 44.3 Å². The van der Waals surface area contributed by atoms with Gasteiger partial charge < -0.3 is 5.73 Å². The number of hydrogen-bond donors (Lipinski definition) is 1. The van der Waals surface area contributed by atoms with Crippen LogP contribution in [0.4, 0.5) is 8.78 Å². The van der Waals surface area contributed by atoms with Crippen molar-refractivity contribution < 1.29 is 8.78 Å². The van der Waals surface area contributed by atoms with Gasteiger partial charge in [0, 0.05) is 8.95 Å². The van der Waals surface area contributed by atoms with E-state index < -0.39 is 12.5 Å². The van der Waals surface area contributed by atoms with Gasteiger partial charge in [0.05, 0.1) is 6.04 Å². The summed E-state index contributed by atoms with van der Waals surface area (Å²) < 4.78 is 25.9. The van der Waals surface area contributed by atoms with Gasteiger partial charge in [-0.25, -0.2) is 8.78 Å². The molecule has 0 spiro atoms. The zero-order chi connectivity index (χ0) is 10.0. The SMILES string of the molecule is Cl.N[C@H](c1cc(Br)cc(Br)c1)C(F)F. The second kappa shape index (κ2) is 6.00. The molecule has 1 rings (SSSR count). The first kappa shape index (κ1) is 14.3. The summed E-state index contributed by atoms with van der Waals surface area (Å²) in [5.41, 5.74) is 5.70. The van der Waals surface area contributed by atoms with E-state index in [1.54, 1.807) is 18.2 Å². The minimum Gasteiger partial charge on any atom is -0.319 e. The largest absolute Gasteiger partial charge is 0.319 e. The lowest BCUT2D eigenvalue weighted by Gasteiger charge is -2.11. The van der Waals surface area contributed by atoms with Crippen LogP contribution in [0.3, 0.4) is 0 Å². The molecule has 0 bridgehead atoms. The maximum atomic E-state index is 12.2. The Morgan fingerprint density at radius 2 is 1.50 bits per heavy atom. The summed E-state index contributed by atoms with van der Waals surface area (Å²) in [7, 11) is 0. The van der Waals surface area contributed by atoms with Crippen LogP contribution in [-0.2, 0) is 0 Å². The number of rotatable bonds is 2. The van der Waals surface area contributed by atoms with Gasteiger partial charge in [0.25, 0.3) is 6.43 Å². The third-order valence-electron chi connectivity index (χ3n) is 1.54. The van der Waals surface area contributed by atoms with Crippen LogP contribution in [0.1, 0.15) is 11.6 Å². The van der Waals surface area contributed by atoms with Crippen LogP contribution in [0, 0.1) is 0 Å². The van der Waals surface area contributed by atoms with Crippen LogP contribution in [0.25, 0.3) is 0 Å². The Bertz CT molecular complexity index is 289. The Kier molecular flexibility index (Phi) is 6.12. The van der Waals surface area contributed by atoms with Gasteiger partial charge in [-0.3, -0.25) is 0 Å². The molecule has 1 aromatic carbocycles. The van der Waals surface area contributed by atoms with E-state index in [1.165, 1.54) is 0 Å². The van der Waals surface area contributed by atoms with Crippen LogP contribution in [0.5, 0.6) is 0 Å². The standard InChI is InChI=1S/C8H7Br2F2N.ClH/c9-5-1-4(2-6(10)3-5)7(13)8(11)12;/h1-3,7-8H,13H2;1H/t7-;/m1./s1. The molecular weight excluding hydrogens is 343 g/mol. The number of benzene rings is 1. The van der Waals surface area contributed by atoms with Crippen molar-refractivity contribution in [1.29, 1.82) is 0 Å². The van der Waals surface area contributed by atoms with E-state index in [0.717, 1.165) is 8.95 Å². The topological polar surface area (TPSA) is 26.0 Å². The number of alkyl halides is 2. The molecule has 0 aromatic heterocycles. The first-order valence-electron chi connectivity index (χ1n) is 3.50. The lowest BCUT2D eigenvalue weighted by Crippen LogP contribution is -2.18. The zero-order valence-electron chi connectivity index (χ0n) is 6.88. The average Bonchev–Trinajstić information content (AvgIpc) is 2.01. The van der Waals surface area contributed by atoms with Gasteiger partial charge in [0.2, 0.25) is 0 Å². The van der Waals surface area contributed by atoms with Crippen molar-refractivity contribution in [3.63, 3.8) is 0 Å². The van der Waals surface area contributed by atoms with E-state index in [0.29, 0.717) is 5.56 Å². The van der Waals surface area contributed by atoms with Gasteiger partial charge in [-0.1, -0.05) is 31.9 Å². The molecule has 0 aliphatic carbocycles. The highest BCUT2D eigenvalue weighted by atomic mass is 79.9. The minimum atomic E-state index is -2.54. The third kappa shape index (κ3) is 3.81. The van der Waals surface area contributed by atoms with Crippen molar-refractivity contribution in [1.82, 2.24) is 0 Å². The van der Waals surface area contributed by atoms with Gasteiger partial charge >= 0.3 is 0 Å². The summed E-state index contributed by atoms with van der Waals surface area (Å²) in [6, 6.07) is 3.71. The second-order valence-electron chi connectivity index (χ2n) is 2.56. The highest BCUT2D eigenvalue weighted by molar-refractivity contribution is 9.11. The minimum absolute atomic E-state index is 0. The van der Waals surface area contributed by atoms with E-state index in [-0.39, 0.29) is 12.4 Å². The predicted octanol–water partition coefficient (Wildman–Crippen LogP) is 3.90. The Morgan fingerprint density at radius 1 is 1.07 bits per heavy atom. The number of nitrogens with two attached hydrogens (primary N) is 1. The Hall–Kier alpha value is 0.290. The molecule has 6 heteroatoms. The highest BCUT2D eigenvalue weighted by Crippen LogP contribution is 2.25. The van der Waals surface area contributed by atoms with Gasteiger partial charge in [-0.15, -0.1) is 12.4 Å². The average molecular weight is 351 g/mol. The monoisotopic (exact) mass is 349 g/mol. The Morgan fingerprint density at radius 3 is 1.86 bits per heavy atom. The molecule has 0 saturated carbocycles. The Labute approximate surface area is 104 Å². The van der Waals surface area contributed by atoms with E-state index in [1.807, 2.05) is 0 Å². The predicted molar refractivity (Wildman–Crippen MR) is 62.0 cm³/mol. The van der Waals surface area contributed by atoms with Gasteiger partial charge in [0.15, 0.2) is 0 Å². The van der Waals surface area contributed by atoms with Gasteiger partial charge in [0.1, 0.15) is 0 Å². The third-order valence-corrected chi connectivity index (χ3v) is 2.46. The first-order chi connectivity index (χ1) is 6.00. The molecule has 1 nitrogen and oxygen atoms in total.